The predicted octanol–water partition coefficient (Wildman–Crippen LogP) is 2.99. The highest BCUT2D eigenvalue weighted by molar-refractivity contribution is 5.86. The summed E-state index contributed by atoms with van der Waals surface area (Å²) in [5, 5.41) is 16.4. The van der Waals surface area contributed by atoms with E-state index in [0.29, 0.717) is 19.4 Å². The summed E-state index contributed by atoms with van der Waals surface area (Å²) in [6.07, 6.45) is 1.76. The highest BCUT2D eigenvalue weighted by atomic mass is 16.5. The van der Waals surface area contributed by atoms with Gasteiger partial charge in [0.05, 0.1) is 0 Å². The number of fused-ring (bicyclic) bond motifs is 1. The normalized spacial score (nSPS) is 11.4. The molecule has 0 heterocycles. The van der Waals surface area contributed by atoms with E-state index in [2.05, 4.69) is 17.2 Å². The van der Waals surface area contributed by atoms with Gasteiger partial charge in [0.2, 0.25) is 5.91 Å². The molecule has 28 heavy (non-hydrogen) atoms. The van der Waals surface area contributed by atoms with Crippen molar-refractivity contribution in [3.05, 3.63) is 60.7 Å². The van der Waals surface area contributed by atoms with E-state index in [1.807, 2.05) is 42.5 Å². The zero-order valence-electron chi connectivity index (χ0n) is 15.5. The van der Waals surface area contributed by atoms with Gasteiger partial charge in [-0.2, -0.15) is 0 Å². The molecule has 0 aliphatic heterocycles. The molecule has 0 aliphatic rings. The number of carboxylic acids is 1. The van der Waals surface area contributed by atoms with E-state index < -0.39 is 18.1 Å². The largest absolute Gasteiger partial charge is 0.480 e. The highest BCUT2D eigenvalue weighted by Crippen LogP contribution is 2.16. The van der Waals surface area contributed by atoms with Crippen LogP contribution in [0.25, 0.3) is 10.8 Å². The van der Waals surface area contributed by atoms with Crippen LogP contribution in [0.2, 0.25) is 0 Å². The fourth-order valence-electron chi connectivity index (χ4n) is 2.68. The minimum Gasteiger partial charge on any atom is -0.480 e. The molecule has 2 rings (SSSR count). The SMILES string of the molecule is C=CC(=O)NCCCC[C@H](NC(=O)OCc1ccc2ccccc2c1)C(=O)O. The molecule has 1 atom stereocenters. The van der Waals surface area contributed by atoms with Crippen LogP contribution in [0, 0.1) is 0 Å². The minimum atomic E-state index is -1.13. The first kappa shape index (κ1) is 21.0. The van der Waals surface area contributed by atoms with E-state index in [4.69, 9.17) is 4.74 Å². The monoisotopic (exact) mass is 384 g/mol. The maximum Gasteiger partial charge on any atom is 0.408 e. The van der Waals surface area contributed by atoms with Crippen molar-refractivity contribution < 1.29 is 24.2 Å². The molecule has 0 saturated carbocycles. The molecule has 2 aromatic carbocycles. The Labute approximate surface area is 163 Å². The lowest BCUT2D eigenvalue weighted by atomic mass is 10.1. The topological polar surface area (TPSA) is 105 Å². The van der Waals surface area contributed by atoms with Crippen molar-refractivity contribution in [2.24, 2.45) is 0 Å². The van der Waals surface area contributed by atoms with Crippen LogP contribution >= 0.6 is 0 Å². The molecule has 0 aromatic heterocycles. The quantitative estimate of drug-likeness (QED) is 0.431. The standard InChI is InChI=1S/C21H24N2O5/c1-2-19(24)22-12-6-5-9-18(20(25)26)23-21(27)28-14-15-10-11-16-7-3-4-8-17(16)13-15/h2-4,7-8,10-11,13,18H,1,5-6,9,12,14H2,(H,22,24)(H,23,27)(H,25,26)/t18-/m0/s1. The van der Waals surface area contributed by atoms with Crippen LogP contribution in [0.1, 0.15) is 24.8 Å². The number of unbranched alkanes of at least 4 members (excludes halogenated alkanes) is 1. The number of alkyl carbamates (subject to hydrolysis) is 1. The first-order chi connectivity index (χ1) is 13.5. The summed E-state index contributed by atoms with van der Waals surface area (Å²) in [6.45, 7) is 3.82. The van der Waals surface area contributed by atoms with Gasteiger partial charge >= 0.3 is 12.1 Å². The van der Waals surface area contributed by atoms with E-state index in [9.17, 15) is 19.5 Å². The van der Waals surface area contributed by atoms with Gasteiger partial charge < -0.3 is 20.5 Å². The highest BCUT2D eigenvalue weighted by Gasteiger charge is 2.20. The summed E-state index contributed by atoms with van der Waals surface area (Å²) in [6, 6.07) is 12.5. The molecule has 7 heteroatoms. The van der Waals surface area contributed by atoms with Crippen molar-refractivity contribution in [2.45, 2.75) is 31.9 Å². The molecule has 148 valence electrons. The Morgan fingerprint density at radius 2 is 1.86 bits per heavy atom. The number of hydrogen-bond donors (Lipinski definition) is 3. The van der Waals surface area contributed by atoms with E-state index in [1.54, 1.807) is 0 Å². The van der Waals surface area contributed by atoms with Gasteiger partial charge in [-0.3, -0.25) is 4.79 Å². The van der Waals surface area contributed by atoms with Gasteiger partial charge in [0.15, 0.2) is 0 Å². The Balaban J connectivity index is 1.77. The third kappa shape index (κ3) is 6.75. The molecule has 0 aliphatic carbocycles. The lowest BCUT2D eigenvalue weighted by molar-refractivity contribution is -0.139. The number of carbonyl (C=O) groups excluding carboxylic acids is 2. The third-order valence-corrected chi connectivity index (χ3v) is 4.18. The van der Waals surface area contributed by atoms with Crippen LogP contribution in [-0.4, -0.2) is 35.7 Å². The first-order valence-corrected chi connectivity index (χ1v) is 9.03. The second-order valence-corrected chi connectivity index (χ2v) is 6.28. The summed E-state index contributed by atoms with van der Waals surface area (Å²) in [5.41, 5.74) is 0.818. The van der Waals surface area contributed by atoms with Crippen molar-refractivity contribution in [3.8, 4) is 0 Å². The van der Waals surface area contributed by atoms with Crippen molar-refractivity contribution >= 4 is 28.7 Å². The Morgan fingerprint density at radius 3 is 2.57 bits per heavy atom. The maximum atomic E-state index is 11.9. The lowest BCUT2D eigenvalue weighted by Crippen LogP contribution is -2.41. The van der Waals surface area contributed by atoms with Crippen LogP contribution in [-0.2, 0) is 20.9 Å². The molecule has 0 bridgehead atoms. The molecule has 0 spiro atoms. The van der Waals surface area contributed by atoms with Gasteiger partial charge in [-0.1, -0.05) is 43.0 Å². The number of rotatable bonds is 10. The zero-order chi connectivity index (χ0) is 20.4. The van der Waals surface area contributed by atoms with Gasteiger partial charge in [0.1, 0.15) is 12.6 Å². The zero-order valence-corrected chi connectivity index (χ0v) is 15.5. The number of amides is 2. The first-order valence-electron chi connectivity index (χ1n) is 9.03. The van der Waals surface area contributed by atoms with Gasteiger partial charge in [0, 0.05) is 6.54 Å². The molecular formula is C21H24N2O5. The average molecular weight is 384 g/mol. The predicted molar refractivity (Wildman–Crippen MR) is 106 cm³/mol. The molecule has 0 saturated heterocycles. The molecule has 7 nitrogen and oxygen atoms in total. The van der Waals surface area contributed by atoms with Crippen LogP contribution in [0.4, 0.5) is 4.79 Å². The number of aliphatic carboxylic acids is 1. The van der Waals surface area contributed by atoms with E-state index in [-0.39, 0.29) is 18.9 Å². The summed E-state index contributed by atoms with van der Waals surface area (Å²) in [7, 11) is 0. The number of hydrogen-bond acceptors (Lipinski definition) is 4. The molecule has 3 N–H and O–H groups in total. The Kier molecular flexibility index (Phi) is 8.02. The summed E-state index contributed by atoms with van der Waals surface area (Å²) in [5.74, 6) is -1.40. The van der Waals surface area contributed by atoms with Crippen molar-refractivity contribution in [1.29, 1.82) is 0 Å². The molecule has 2 aromatic rings. The van der Waals surface area contributed by atoms with E-state index in [1.165, 1.54) is 6.08 Å². The number of ether oxygens (including phenoxy) is 1. The Bertz CT molecular complexity index is 850. The second-order valence-electron chi connectivity index (χ2n) is 6.28. The number of carbonyl (C=O) groups is 3. The van der Waals surface area contributed by atoms with Gasteiger partial charge in [0.25, 0.3) is 0 Å². The number of nitrogens with one attached hydrogen (secondary N) is 2. The van der Waals surface area contributed by atoms with Crippen molar-refractivity contribution in [2.75, 3.05) is 6.54 Å². The number of benzene rings is 2. The van der Waals surface area contributed by atoms with Crippen molar-refractivity contribution in [1.82, 2.24) is 10.6 Å². The van der Waals surface area contributed by atoms with Crippen LogP contribution in [0.3, 0.4) is 0 Å². The summed E-state index contributed by atoms with van der Waals surface area (Å²) >= 11 is 0. The number of carboxylic acid groups (broad SMARTS) is 1. The van der Waals surface area contributed by atoms with Gasteiger partial charge in [-0.05, 0) is 47.7 Å². The Morgan fingerprint density at radius 1 is 1.11 bits per heavy atom. The van der Waals surface area contributed by atoms with Gasteiger partial charge in [-0.25, -0.2) is 9.59 Å². The average Bonchev–Trinajstić information content (AvgIpc) is 2.70. The molecule has 2 amide bonds. The third-order valence-electron chi connectivity index (χ3n) is 4.18. The molecule has 0 fully saturated rings. The van der Waals surface area contributed by atoms with Gasteiger partial charge in [-0.15, -0.1) is 0 Å². The molecule has 0 radical (unpaired) electrons. The second kappa shape index (κ2) is 10.7. The molecule has 0 unspecified atom stereocenters. The Hall–Kier alpha value is -3.35. The molecular weight excluding hydrogens is 360 g/mol. The van der Waals surface area contributed by atoms with Crippen LogP contribution in [0.5, 0.6) is 0 Å². The van der Waals surface area contributed by atoms with E-state index >= 15 is 0 Å². The summed E-state index contributed by atoms with van der Waals surface area (Å²) in [4.78, 5) is 34.3. The van der Waals surface area contributed by atoms with E-state index in [0.717, 1.165) is 16.3 Å². The van der Waals surface area contributed by atoms with Crippen LogP contribution in [0.15, 0.2) is 55.1 Å². The van der Waals surface area contributed by atoms with Crippen molar-refractivity contribution in [3.63, 3.8) is 0 Å². The lowest BCUT2D eigenvalue weighted by Gasteiger charge is -2.14. The summed E-state index contributed by atoms with van der Waals surface area (Å²) < 4.78 is 5.15. The maximum absolute atomic E-state index is 11.9. The smallest absolute Gasteiger partial charge is 0.408 e. The fraction of sp³-hybridized carbons (Fsp3) is 0.286. The minimum absolute atomic E-state index is 0.0522. The fourth-order valence-corrected chi connectivity index (χ4v) is 2.68. The van der Waals surface area contributed by atoms with Crippen LogP contribution < -0.4 is 10.6 Å².